The predicted octanol–water partition coefficient (Wildman–Crippen LogP) is 1.59. The number of amides is 1. The predicted molar refractivity (Wildman–Crippen MR) is 71.6 cm³/mol. The Morgan fingerprint density at radius 1 is 1.56 bits per heavy atom. The van der Waals surface area contributed by atoms with Gasteiger partial charge in [-0.3, -0.25) is 4.79 Å². The molecule has 0 aliphatic carbocycles. The summed E-state index contributed by atoms with van der Waals surface area (Å²) in [6.45, 7) is 3.39. The molecule has 1 heterocycles. The highest BCUT2D eigenvalue weighted by atomic mass is 79.9. The lowest BCUT2D eigenvalue weighted by atomic mass is 10.1. The Morgan fingerprint density at radius 3 is 3.00 bits per heavy atom. The molecule has 98 valence electrons. The highest BCUT2D eigenvalue weighted by Gasteiger charge is 2.24. The van der Waals surface area contributed by atoms with Crippen LogP contribution >= 0.6 is 15.9 Å². The Balaban J connectivity index is 2.15. The third kappa shape index (κ3) is 3.10. The van der Waals surface area contributed by atoms with Crippen LogP contribution in [-0.2, 0) is 4.74 Å². The molecule has 0 bridgehead atoms. The van der Waals surface area contributed by atoms with E-state index in [2.05, 4.69) is 15.9 Å². The topological polar surface area (TPSA) is 49.8 Å². The van der Waals surface area contributed by atoms with E-state index in [0.29, 0.717) is 25.3 Å². The van der Waals surface area contributed by atoms with Gasteiger partial charge < -0.3 is 14.7 Å². The van der Waals surface area contributed by atoms with Gasteiger partial charge in [0.25, 0.3) is 5.91 Å². The van der Waals surface area contributed by atoms with Crippen molar-refractivity contribution in [1.29, 1.82) is 0 Å². The Labute approximate surface area is 115 Å². The second-order valence-corrected chi connectivity index (χ2v) is 5.36. The van der Waals surface area contributed by atoms with Crippen LogP contribution in [0.4, 0.5) is 0 Å². The van der Waals surface area contributed by atoms with Crippen LogP contribution < -0.4 is 0 Å². The molecule has 1 aromatic carbocycles. The summed E-state index contributed by atoms with van der Waals surface area (Å²) in [5.74, 6) is -0.0128. The molecule has 1 saturated heterocycles. The van der Waals surface area contributed by atoms with Crippen LogP contribution in [0.5, 0.6) is 0 Å². The molecular formula is C13H16BrNO3. The third-order valence-corrected chi connectivity index (χ3v) is 3.38. The lowest BCUT2D eigenvalue weighted by molar-refractivity contribution is -0.0447. The molecule has 0 aromatic heterocycles. The fourth-order valence-electron chi connectivity index (χ4n) is 2.06. The van der Waals surface area contributed by atoms with Gasteiger partial charge in [-0.2, -0.15) is 0 Å². The molecule has 0 saturated carbocycles. The summed E-state index contributed by atoms with van der Waals surface area (Å²) in [4.78, 5) is 14.1. The normalized spacial score (nSPS) is 19.9. The SMILES string of the molecule is Cc1cc(Br)cc(C(=O)N2CCOC(CO)C2)c1. The van der Waals surface area contributed by atoms with Crippen LogP contribution in [0.15, 0.2) is 22.7 Å². The first kappa shape index (κ1) is 13.5. The van der Waals surface area contributed by atoms with Crippen molar-refractivity contribution < 1.29 is 14.6 Å². The lowest BCUT2D eigenvalue weighted by Gasteiger charge is -2.32. The van der Waals surface area contributed by atoms with Crippen LogP contribution in [0.2, 0.25) is 0 Å². The zero-order chi connectivity index (χ0) is 13.1. The largest absolute Gasteiger partial charge is 0.394 e. The lowest BCUT2D eigenvalue weighted by Crippen LogP contribution is -2.46. The number of halogens is 1. The Kier molecular flexibility index (Phi) is 4.37. The van der Waals surface area contributed by atoms with E-state index >= 15 is 0 Å². The van der Waals surface area contributed by atoms with Crippen LogP contribution in [0.1, 0.15) is 15.9 Å². The third-order valence-electron chi connectivity index (χ3n) is 2.92. The molecule has 2 rings (SSSR count). The van der Waals surface area contributed by atoms with Crippen molar-refractivity contribution in [2.45, 2.75) is 13.0 Å². The first-order valence-corrected chi connectivity index (χ1v) is 6.68. The molecule has 18 heavy (non-hydrogen) atoms. The van der Waals surface area contributed by atoms with E-state index in [0.717, 1.165) is 10.0 Å². The van der Waals surface area contributed by atoms with Crippen molar-refractivity contribution in [1.82, 2.24) is 4.90 Å². The quantitative estimate of drug-likeness (QED) is 0.902. The van der Waals surface area contributed by atoms with Crippen LogP contribution in [0.3, 0.4) is 0 Å². The van der Waals surface area contributed by atoms with Crippen LogP contribution in [-0.4, -0.2) is 48.3 Å². The van der Waals surface area contributed by atoms with Crippen molar-refractivity contribution in [3.05, 3.63) is 33.8 Å². The van der Waals surface area contributed by atoms with Crippen molar-refractivity contribution in [2.75, 3.05) is 26.3 Å². The van der Waals surface area contributed by atoms with Gasteiger partial charge in [-0.05, 0) is 30.7 Å². The minimum absolute atomic E-state index is 0.0128. The van der Waals surface area contributed by atoms with E-state index in [1.54, 1.807) is 4.90 Å². The minimum atomic E-state index is -0.268. The Morgan fingerprint density at radius 2 is 2.33 bits per heavy atom. The number of morpholine rings is 1. The molecule has 1 atom stereocenters. The maximum absolute atomic E-state index is 12.3. The zero-order valence-electron chi connectivity index (χ0n) is 10.2. The summed E-state index contributed by atoms with van der Waals surface area (Å²) in [6, 6.07) is 5.65. The van der Waals surface area contributed by atoms with Gasteiger partial charge in [0.15, 0.2) is 0 Å². The van der Waals surface area contributed by atoms with Crippen molar-refractivity contribution in [3.63, 3.8) is 0 Å². The molecule has 1 aliphatic heterocycles. The second kappa shape index (κ2) is 5.82. The number of nitrogens with zero attached hydrogens (tertiary/aromatic N) is 1. The van der Waals surface area contributed by atoms with Gasteiger partial charge in [0.1, 0.15) is 0 Å². The molecule has 0 radical (unpaired) electrons. The van der Waals surface area contributed by atoms with E-state index in [1.807, 2.05) is 25.1 Å². The highest BCUT2D eigenvalue weighted by molar-refractivity contribution is 9.10. The van der Waals surface area contributed by atoms with E-state index in [4.69, 9.17) is 9.84 Å². The highest BCUT2D eigenvalue weighted by Crippen LogP contribution is 2.18. The van der Waals surface area contributed by atoms with Gasteiger partial charge in [0.05, 0.1) is 19.3 Å². The average molecular weight is 314 g/mol. The summed E-state index contributed by atoms with van der Waals surface area (Å²) in [5.41, 5.74) is 1.71. The summed E-state index contributed by atoms with van der Waals surface area (Å²) < 4.78 is 6.24. The smallest absolute Gasteiger partial charge is 0.254 e. The molecule has 1 unspecified atom stereocenters. The number of aryl methyl sites for hydroxylation is 1. The van der Waals surface area contributed by atoms with E-state index < -0.39 is 0 Å². The second-order valence-electron chi connectivity index (χ2n) is 4.44. The number of hydrogen-bond acceptors (Lipinski definition) is 3. The summed E-state index contributed by atoms with van der Waals surface area (Å²) in [6.07, 6.45) is -0.268. The summed E-state index contributed by atoms with van der Waals surface area (Å²) >= 11 is 3.40. The summed E-state index contributed by atoms with van der Waals surface area (Å²) in [5, 5.41) is 9.08. The number of aliphatic hydroxyl groups is 1. The number of benzene rings is 1. The number of rotatable bonds is 2. The molecule has 1 aliphatic rings. The molecule has 1 fully saturated rings. The molecule has 0 spiro atoms. The minimum Gasteiger partial charge on any atom is -0.394 e. The van der Waals surface area contributed by atoms with Crippen molar-refractivity contribution >= 4 is 21.8 Å². The van der Waals surface area contributed by atoms with E-state index in [1.165, 1.54) is 0 Å². The molecule has 5 heteroatoms. The molecular weight excluding hydrogens is 298 g/mol. The van der Waals surface area contributed by atoms with Gasteiger partial charge in [-0.25, -0.2) is 0 Å². The first-order chi connectivity index (χ1) is 8.60. The standard InChI is InChI=1S/C13H16BrNO3/c1-9-4-10(6-11(14)5-9)13(17)15-2-3-18-12(7-15)8-16/h4-6,12,16H,2-3,7-8H2,1H3. The van der Waals surface area contributed by atoms with Crippen molar-refractivity contribution in [2.24, 2.45) is 0 Å². The summed E-state index contributed by atoms with van der Waals surface area (Å²) in [7, 11) is 0. The van der Waals surface area contributed by atoms with Crippen LogP contribution in [0.25, 0.3) is 0 Å². The molecule has 1 aromatic rings. The Bertz CT molecular complexity index is 430. The number of hydrogen-bond donors (Lipinski definition) is 1. The number of aliphatic hydroxyl groups excluding tert-OH is 1. The monoisotopic (exact) mass is 313 g/mol. The van der Waals surface area contributed by atoms with E-state index in [9.17, 15) is 4.79 Å². The first-order valence-electron chi connectivity index (χ1n) is 5.89. The van der Waals surface area contributed by atoms with Crippen LogP contribution in [0, 0.1) is 6.92 Å². The molecule has 1 N–H and O–H groups in total. The fourth-order valence-corrected chi connectivity index (χ4v) is 2.66. The van der Waals surface area contributed by atoms with Gasteiger partial charge >= 0.3 is 0 Å². The fraction of sp³-hybridized carbons (Fsp3) is 0.462. The zero-order valence-corrected chi connectivity index (χ0v) is 11.8. The van der Waals surface area contributed by atoms with Gasteiger partial charge in [-0.1, -0.05) is 15.9 Å². The molecule has 1 amide bonds. The maximum Gasteiger partial charge on any atom is 0.254 e. The number of ether oxygens (including phenoxy) is 1. The van der Waals surface area contributed by atoms with E-state index in [-0.39, 0.29) is 18.6 Å². The Hall–Kier alpha value is -0.910. The van der Waals surface area contributed by atoms with Gasteiger partial charge in [0.2, 0.25) is 0 Å². The number of carbonyl (C=O) groups is 1. The maximum atomic E-state index is 12.3. The van der Waals surface area contributed by atoms with Gasteiger partial charge in [-0.15, -0.1) is 0 Å². The van der Waals surface area contributed by atoms with Crippen molar-refractivity contribution in [3.8, 4) is 0 Å². The average Bonchev–Trinajstić information content (AvgIpc) is 2.37. The van der Waals surface area contributed by atoms with Gasteiger partial charge in [0, 0.05) is 23.1 Å². The molecule has 4 nitrogen and oxygen atoms in total. The number of carbonyl (C=O) groups excluding carboxylic acids is 1.